The summed E-state index contributed by atoms with van der Waals surface area (Å²) in [7, 11) is 0. The molecule has 0 aliphatic carbocycles. The van der Waals surface area contributed by atoms with Crippen LogP contribution in [-0.4, -0.2) is 26.7 Å². The summed E-state index contributed by atoms with van der Waals surface area (Å²) in [6.45, 7) is 0.836. The summed E-state index contributed by atoms with van der Waals surface area (Å²) in [6, 6.07) is 8.36. The van der Waals surface area contributed by atoms with Gasteiger partial charge in [0, 0.05) is 23.9 Å². The van der Waals surface area contributed by atoms with Gasteiger partial charge in [-0.1, -0.05) is 23.4 Å². The second-order valence-corrected chi connectivity index (χ2v) is 5.05. The molecule has 5 heteroatoms. The van der Waals surface area contributed by atoms with E-state index in [1.165, 1.54) is 15.6 Å². The van der Waals surface area contributed by atoms with Gasteiger partial charge < -0.3 is 5.11 Å². The van der Waals surface area contributed by atoms with Crippen molar-refractivity contribution in [2.75, 3.05) is 6.61 Å². The van der Waals surface area contributed by atoms with Gasteiger partial charge in [-0.15, -0.1) is 16.4 Å². The number of benzene rings is 1. The van der Waals surface area contributed by atoms with Crippen molar-refractivity contribution in [2.45, 2.75) is 13.0 Å². The van der Waals surface area contributed by atoms with E-state index in [4.69, 9.17) is 5.11 Å². The molecule has 0 spiro atoms. The number of rotatable bonds is 4. The van der Waals surface area contributed by atoms with Gasteiger partial charge >= 0.3 is 0 Å². The molecule has 0 saturated heterocycles. The molecule has 2 aromatic heterocycles. The predicted molar refractivity (Wildman–Crippen MR) is 71.7 cm³/mol. The van der Waals surface area contributed by atoms with Crippen LogP contribution in [0.4, 0.5) is 0 Å². The van der Waals surface area contributed by atoms with Gasteiger partial charge in [0.05, 0.1) is 12.2 Å². The average Bonchev–Trinajstić information content (AvgIpc) is 2.99. The highest BCUT2D eigenvalue weighted by Gasteiger charge is 2.06. The van der Waals surface area contributed by atoms with Gasteiger partial charge in [-0.2, -0.15) is 0 Å². The molecule has 1 N–H and O–H groups in total. The Labute approximate surface area is 108 Å². The summed E-state index contributed by atoms with van der Waals surface area (Å²) in [5.74, 6) is 0. The van der Waals surface area contributed by atoms with E-state index in [0.29, 0.717) is 6.42 Å². The highest BCUT2D eigenvalue weighted by molar-refractivity contribution is 7.17. The zero-order chi connectivity index (χ0) is 12.4. The number of hydrogen-bond acceptors (Lipinski definition) is 4. The van der Waals surface area contributed by atoms with E-state index in [-0.39, 0.29) is 6.61 Å². The molecule has 0 amide bonds. The van der Waals surface area contributed by atoms with Crippen molar-refractivity contribution < 1.29 is 5.11 Å². The van der Waals surface area contributed by atoms with Crippen molar-refractivity contribution in [3.63, 3.8) is 0 Å². The molecule has 0 radical (unpaired) electrons. The van der Waals surface area contributed by atoms with Crippen LogP contribution >= 0.6 is 11.3 Å². The third kappa shape index (κ3) is 2.14. The first-order valence-corrected chi connectivity index (χ1v) is 6.70. The van der Waals surface area contributed by atoms with Crippen molar-refractivity contribution in [1.82, 2.24) is 15.0 Å². The van der Waals surface area contributed by atoms with E-state index >= 15 is 0 Å². The molecule has 3 rings (SSSR count). The Hall–Kier alpha value is -1.72. The average molecular weight is 259 g/mol. The van der Waals surface area contributed by atoms with Crippen LogP contribution in [0.15, 0.2) is 35.8 Å². The Balaban J connectivity index is 1.87. The van der Waals surface area contributed by atoms with Gasteiger partial charge in [-0.3, -0.25) is 0 Å². The third-order valence-electron chi connectivity index (χ3n) is 2.85. The molecule has 4 nitrogen and oxygen atoms in total. The van der Waals surface area contributed by atoms with Gasteiger partial charge in [-0.25, -0.2) is 4.68 Å². The highest BCUT2D eigenvalue weighted by atomic mass is 32.1. The van der Waals surface area contributed by atoms with Gasteiger partial charge in [0.15, 0.2) is 0 Å². The summed E-state index contributed by atoms with van der Waals surface area (Å²) in [6.07, 6.45) is 2.45. The van der Waals surface area contributed by atoms with Crippen LogP contribution in [0.5, 0.6) is 0 Å². The van der Waals surface area contributed by atoms with Gasteiger partial charge in [0.25, 0.3) is 0 Å². The minimum absolute atomic E-state index is 0.111. The van der Waals surface area contributed by atoms with E-state index in [1.54, 1.807) is 11.3 Å². The Kier molecular flexibility index (Phi) is 3.08. The van der Waals surface area contributed by atoms with Crippen molar-refractivity contribution in [2.24, 2.45) is 0 Å². The van der Waals surface area contributed by atoms with E-state index in [2.05, 4.69) is 40.0 Å². The fourth-order valence-electron chi connectivity index (χ4n) is 1.97. The van der Waals surface area contributed by atoms with E-state index < -0.39 is 0 Å². The molecule has 0 aliphatic rings. The van der Waals surface area contributed by atoms with Crippen molar-refractivity contribution in [3.05, 3.63) is 47.1 Å². The fourth-order valence-corrected chi connectivity index (χ4v) is 2.93. The van der Waals surface area contributed by atoms with E-state index in [9.17, 15) is 0 Å². The number of aliphatic hydroxyl groups is 1. The van der Waals surface area contributed by atoms with Crippen LogP contribution in [0.3, 0.4) is 0 Å². The molecule has 92 valence electrons. The Morgan fingerprint density at radius 3 is 3.06 bits per heavy atom. The number of aliphatic hydroxyl groups excluding tert-OH is 1. The largest absolute Gasteiger partial charge is 0.396 e. The standard InChI is InChI=1S/C13H13N3OS/c17-6-5-11-8-16(15-14-11)7-10-9-18-13-4-2-1-3-12(10)13/h1-4,8-9,17H,5-7H2. The number of fused-ring (bicyclic) bond motifs is 1. The summed E-state index contributed by atoms with van der Waals surface area (Å²) < 4.78 is 3.11. The molecule has 3 aromatic rings. The van der Waals surface area contributed by atoms with Gasteiger partial charge in [-0.05, 0) is 22.4 Å². The van der Waals surface area contributed by atoms with Crippen molar-refractivity contribution >= 4 is 21.4 Å². The molecular weight excluding hydrogens is 246 g/mol. The zero-order valence-corrected chi connectivity index (χ0v) is 10.6. The Morgan fingerprint density at radius 1 is 1.28 bits per heavy atom. The van der Waals surface area contributed by atoms with Crippen LogP contribution in [-0.2, 0) is 13.0 Å². The third-order valence-corrected chi connectivity index (χ3v) is 3.86. The quantitative estimate of drug-likeness (QED) is 0.780. The first kappa shape index (κ1) is 11.4. The van der Waals surface area contributed by atoms with Gasteiger partial charge in [0.1, 0.15) is 0 Å². The van der Waals surface area contributed by atoms with Crippen LogP contribution in [0.25, 0.3) is 10.1 Å². The topological polar surface area (TPSA) is 50.9 Å². The van der Waals surface area contributed by atoms with Crippen molar-refractivity contribution in [3.8, 4) is 0 Å². The summed E-state index contributed by atoms with van der Waals surface area (Å²) in [5.41, 5.74) is 2.09. The molecule has 0 saturated carbocycles. The fraction of sp³-hybridized carbons (Fsp3) is 0.231. The van der Waals surface area contributed by atoms with Crippen LogP contribution < -0.4 is 0 Å². The first-order valence-electron chi connectivity index (χ1n) is 5.82. The van der Waals surface area contributed by atoms with Gasteiger partial charge in [0.2, 0.25) is 0 Å². The Bertz CT molecular complexity index is 659. The molecule has 0 fully saturated rings. The van der Waals surface area contributed by atoms with Crippen LogP contribution in [0, 0.1) is 0 Å². The van der Waals surface area contributed by atoms with E-state index in [0.717, 1.165) is 12.2 Å². The molecule has 0 atom stereocenters. The number of nitrogens with zero attached hydrogens (tertiary/aromatic N) is 3. The second kappa shape index (κ2) is 4.88. The lowest BCUT2D eigenvalue weighted by atomic mass is 10.2. The number of hydrogen-bond donors (Lipinski definition) is 1. The predicted octanol–water partition coefficient (Wildman–Crippen LogP) is 2.08. The molecule has 0 bridgehead atoms. The smallest absolute Gasteiger partial charge is 0.0850 e. The molecular formula is C13H13N3OS. The first-order chi connectivity index (χ1) is 8.86. The zero-order valence-electron chi connectivity index (χ0n) is 9.78. The minimum Gasteiger partial charge on any atom is -0.396 e. The summed E-state index contributed by atoms with van der Waals surface area (Å²) in [5, 5.41) is 20.4. The lowest BCUT2D eigenvalue weighted by molar-refractivity contribution is 0.298. The lowest BCUT2D eigenvalue weighted by Crippen LogP contribution is -1.99. The molecule has 0 unspecified atom stereocenters. The lowest BCUT2D eigenvalue weighted by Gasteiger charge is -1.98. The van der Waals surface area contributed by atoms with Crippen LogP contribution in [0.1, 0.15) is 11.3 Å². The Morgan fingerprint density at radius 2 is 2.17 bits per heavy atom. The number of aromatic nitrogens is 3. The highest BCUT2D eigenvalue weighted by Crippen LogP contribution is 2.25. The van der Waals surface area contributed by atoms with Crippen molar-refractivity contribution in [1.29, 1.82) is 0 Å². The number of thiophene rings is 1. The minimum atomic E-state index is 0.111. The second-order valence-electron chi connectivity index (χ2n) is 4.14. The molecule has 2 heterocycles. The monoisotopic (exact) mass is 259 g/mol. The molecule has 1 aromatic carbocycles. The maximum atomic E-state index is 8.85. The maximum Gasteiger partial charge on any atom is 0.0850 e. The SMILES string of the molecule is OCCc1cn(Cc2csc3ccccc23)nn1. The maximum absolute atomic E-state index is 8.85. The normalized spacial score (nSPS) is 11.2. The van der Waals surface area contributed by atoms with Crippen LogP contribution in [0.2, 0.25) is 0 Å². The van der Waals surface area contributed by atoms with E-state index in [1.807, 2.05) is 10.9 Å². The summed E-state index contributed by atoms with van der Waals surface area (Å²) >= 11 is 1.75. The molecule has 18 heavy (non-hydrogen) atoms. The molecule has 0 aliphatic heterocycles. The summed E-state index contributed by atoms with van der Waals surface area (Å²) in [4.78, 5) is 0.